The Morgan fingerprint density at radius 2 is 2.00 bits per heavy atom. The van der Waals surface area contributed by atoms with Gasteiger partial charge in [0.05, 0.1) is 29.8 Å². The number of benzene rings is 1. The van der Waals surface area contributed by atoms with Crippen LogP contribution in [-0.2, 0) is 17.8 Å². The van der Waals surface area contributed by atoms with Crippen LogP contribution in [0.2, 0.25) is 0 Å². The first-order chi connectivity index (χ1) is 13.6. The number of hydrogen-bond acceptors (Lipinski definition) is 4. The summed E-state index contributed by atoms with van der Waals surface area (Å²) in [4.78, 5) is 33.7. The Hall–Kier alpha value is -3.14. The molecule has 0 bridgehead atoms. The summed E-state index contributed by atoms with van der Waals surface area (Å²) in [5.41, 5.74) is 1.74. The molecule has 28 heavy (non-hydrogen) atoms. The second-order valence-electron chi connectivity index (χ2n) is 7.42. The van der Waals surface area contributed by atoms with Crippen molar-refractivity contribution in [2.45, 2.75) is 38.8 Å². The first-order valence-electron chi connectivity index (χ1n) is 9.71. The van der Waals surface area contributed by atoms with Gasteiger partial charge in [0, 0.05) is 37.9 Å². The van der Waals surface area contributed by atoms with Crippen LogP contribution in [0.3, 0.4) is 0 Å². The summed E-state index contributed by atoms with van der Waals surface area (Å²) in [6, 6.07) is 8.65. The van der Waals surface area contributed by atoms with Gasteiger partial charge in [0.2, 0.25) is 5.91 Å². The number of carbonyl (C=O) groups excluding carboxylic acids is 2. The predicted octanol–water partition coefficient (Wildman–Crippen LogP) is 2.14. The van der Waals surface area contributed by atoms with Crippen LogP contribution < -0.4 is 0 Å². The van der Waals surface area contributed by atoms with Gasteiger partial charge in [0.1, 0.15) is 5.82 Å². The van der Waals surface area contributed by atoms with Crippen LogP contribution in [0.1, 0.15) is 53.2 Å². The number of rotatable bonds is 3. The molecule has 0 aliphatic carbocycles. The molecule has 1 saturated heterocycles. The molecule has 0 N–H and O–H groups in total. The van der Waals surface area contributed by atoms with Gasteiger partial charge in [0.25, 0.3) is 5.91 Å². The van der Waals surface area contributed by atoms with Crippen LogP contribution in [0.25, 0.3) is 0 Å². The Balaban J connectivity index is 1.51. The molecule has 0 saturated carbocycles. The Bertz CT molecular complexity index is 952. The molecule has 1 atom stereocenters. The lowest BCUT2D eigenvalue weighted by Crippen LogP contribution is -2.41. The molecule has 144 valence electrons. The summed E-state index contributed by atoms with van der Waals surface area (Å²) in [5, 5.41) is 9.07. The molecule has 0 radical (unpaired) electrons. The van der Waals surface area contributed by atoms with Gasteiger partial charge in [-0.1, -0.05) is 6.07 Å². The highest BCUT2D eigenvalue weighted by atomic mass is 16.2. The van der Waals surface area contributed by atoms with Gasteiger partial charge in [-0.15, -0.1) is 0 Å². The number of amides is 2. The average Bonchev–Trinajstić information content (AvgIpc) is 3.38. The highest BCUT2D eigenvalue weighted by Gasteiger charge is 2.31. The minimum Gasteiger partial charge on any atom is -0.342 e. The third-order valence-corrected chi connectivity index (χ3v) is 5.57. The third kappa shape index (κ3) is 3.38. The predicted molar refractivity (Wildman–Crippen MR) is 102 cm³/mol. The largest absolute Gasteiger partial charge is 0.342 e. The summed E-state index contributed by atoms with van der Waals surface area (Å²) in [5.74, 6) is 0.829. The zero-order valence-corrected chi connectivity index (χ0v) is 16.0. The van der Waals surface area contributed by atoms with E-state index in [1.54, 1.807) is 29.2 Å². The summed E-state index contributed by atoms with van der Waals surface area (Å²) in [6.07, 6.45) is 4.40. The van der Waals surface area contributed by atoms with Crippen molar-refractivity contribution in [3.63, 3.8) is 0 Å². The number of imidazole rings is 1. The molecule has 2 amide bonds. The van der Waals surface area contributed by atoms with E-state index in [4.69, 9.17) is 5.26 Å². The van der Waals surface area contributed by atoms with Crippen molar-refractivity contribution in [1.29, 1.82) is 5.26 Å². The van der Waals surface area contributed by atoms with E-state index in [1.807, 2.05) is 22.6 Å². The quantitative estimate of drug-likeness (QED) is 0.821. The Labute approximate surface area is 164 Å². The summed E-state index contributed by atoms with van der Waals surface area (Å²) in [6.45, 7) is 4.85. The standard InChI is InChI=1S/C21H23N5O2/c1-15-20-23-18(12-19(27)24-7-2-3-8-24)14-25(20)9-10-26(15)21(28)17-6-4-5-16(11-17)13-22/h4-6,11,14-15H,2-3,7-10,12H2,1H3/t15-/m0/s1. The van der Waals surface area contributed by atoms with E-state index in [0.29, 0.717) is 30.6 Å². The number of likely N-dealkylation sites (tertiary alicyclic amines) is 1. The molecule has 1 aromatic carbocycles. The second kappa shape index (κ2) is 7.47. The van der Waals surface area contributed by atoms with Gasteiger partial charge in [0.15, 0.2) is 0 Å². The van der Waals surface area contributed by atoms with Crippen molar-refractivity contribution in [2.24, 2.45) is 0 Å². The van der Waals surface area contributed by atoms with Gasteiger partial charge >= 0.3 is 0 Å². The molecule has 0 unspecified atom stereocenters. The van der Waals surface area contributed by atoms with Crippen molar-refractivity contribution in [3.8, 4) is 6.07 Å². The van der Waals surface area contributed by atoms with Crippen molar-refractivity contribution >= 4 is 11.8 Å². The van der Waals surface area contributed by atoms with E-state index >= 15 is 0 Å². The highest BCUT2D eigenvalue weighted by Crippen LogP contribution is 2.27. The van der Waals surface area contributed by atoms with E-state index < -0.39 is 0 Å². The smallest absolute Gasteiger partial charge is 0.254 e. The van der Waals surface area contributed by atoms with Gasteiger partial charge in [-0.25, -0.2) is 4.98 Å². The number of nitrogens with zero attached hydrogens (tertiary/aromatic N) is 5. The highest BCUT2D eigenvalue weighted by molar-refractivity contribution is 5.94. The lowest BCUT2D eigenvalue weighted by Gasteiger charge is -2.33. The average molecular weight is 377 g/mol. The number of carbonyl (C=O) groups is 2. The Morgan fingerprint density at radius 3 is 2.75 bits per heavy atom. The van der Waals surface area contributed by atoms with E-state index in [9.17, 15) is 9.59 Å². The van der Waals surface area contributed by atoms with Crippen molar-refractivity contribution in [1.82, 2.24) is 19.4 Å². The van der Waals surface area contributed by atoms with Gasteiger partial charge in [-0.05, 0) is 38.0 Å². The van der Waals surface area contributed by atoms with Crippen LogP contribution in [0.15, 0.2) is 30.5 Å². The maximum absolute atomic E-state index is 13.0. The molecule has 7 heteroatoms. The fourth-order valence-corrected chi connectivity index (χ4v) is 4.03. The first-order valence-corrected chi connectivity index (χ1v) is 9.71. The van der Waals surface area contributed by atoms with Crippen molar-refractivity contribution in [3.05, 3.63) is 53.1 Å². The number of fused-ring (bicyclic) bond motifs is 1. The Kier molecular flexibility index (Phi) is 4.86. The molecule has 3 heterocycles. The Morgan fingerprint density at radius 1 is 1.21 bits per heavy atom. The summed E-state index contributed by atoms with van der Waals surface area (Å²) >= 11 is 0. The van der Waals surface area contributed by atoms with Crippen LogP contribution >= 0.6 is 0 Å². The normalized spacial score (nSPS) is 18.6. The second-order valence-corrected chi connectivity index (χ2v) is 7.42. The van der Waals surface area contributed by atoms with Crippen LogP contribution in [0.5, 0.6) is 0 Å². The lowest BCUT2D eigenvalue weighted by atomic mass is 10.1. The molecule has 2 aliphatic heterocycles. The number of nitriles is 1. The molecule has 7 nitrogen and oxygen atoms in total. The number of aromatic nitrogens is 2. The van der Waals surface area contributed by atoms with Crippen LogP contribution in [0.4, 0.5) is 0 Å². The molecule has 1 fully saturated rings. The topological polar surface area (TPSA) is 82.2 Å². The van der Waals surface area contributed by atoms with Gasteiger partial charge < -0.3 is 14.4 Å². The summed E-state index contributed by atoms with van der Waals surface area (Å²) < 4.78 is 2.05. The first kappa shape index (κ1) is 18.2. The van der Waals surface area contributed by atoms with Crippen molar-refractivity contribution < 1.29 is 9.59 Å². The molecule has 2 aliphatic rings. The van der Waals surface area contributed by atoms with Gasteiger partial charge in [-0.3, -0.25) is 9.59 Å². The minimum absolute atomic E-state index is 0.103. The van der Waals surface area contributed by atoms with E-state index in [2.05, 4.69) is 11.1 Å². The molecular weight excluding hydrogens is 354 g/mol. The van der Waals surface area contributed by atoms with Crippen molar-refractivity contribution in [2.75, 3.05) is 19.6 Å². The zero-order chi connectivity index (χ0) is 19.7. The van der Waals surface area contributed by atoms with Crippen LogP contribution in [-0.4, -0.2) is 50.8 Å². The van der Waals surface area contributed by atoms with E-state index in [1.165, 1.54) is 0 Å². The third-order valence-electron chi connectivity index (χ3n) is 5.57. The molecule has 4 rings (SSSR count). The summed E-state index contributed by atoms with van der Waals surface area (Å²) in [7, 11) is 0. The van der Waals surface area contributed by atoms with Crippen LogP contribution in [0, 0.1) is 11.3 Å². The fraction of sp³-hybridized carbons (Fsp3) is 0.429. The zero-order valence-electron chi connectivity index (χ0n) is 16.0. The fourth-order valence-electron chi connectivity index (χ4n) is 4.03. The number of hydrogen-bond donors (Lipinski definition) is 0. The van der Waals surface area contributed by atoms with E-state index in [0.717, 1.165) is 37.4 Å². The SMILES string of the molecule is C[C@H]1c2nc(CC(=O)N3CCCC3)cn2CCN1C(=O)c1cccc(C#N)c1. The lowest BCUT2D eigenvalue weighted by molar-refractivity contribution is -0.129. The molecule has 0 spiro atoms. The van der Waals surface area contributed by atoms with E-state index in [-0.39, 0.29) is 17.9 Å². The van der Waals surface area contributed by atoms with Gasteiger partial charge in [-0.2, -0.15) is 5.26 Å². The maximum Gasteiger partial charge on any atom is 0.254 e. The molecule has 2 aromatic rings. The monoisotopic (exact) mass is 377 g/mol. The molecular formula is C21H23N5O2. The minimum atomic E-state index is -0.192. The maximum atomic E-state index is 13.0. The molecule has 1 aromatic heterocycles.